The molecule has 0 amide bonds. The molecule has 1 aliphatic heterocycles. The molecule has 122 valence electrons. The molecule has 1 fully saturated rings. The molecule has 0 aromatic heterocycles. The number of rotatable bonds is 4. The van der Waals surface area contributed by atoms with Crippen LogP contribution in [0.5, 0.6) is 0 Å². The predicted molar refractivity (Wildman–Crippen MR) is 93.2 cm³/mol. The van der Waals surface area contributed by atoms with Crippen molar-refractivity contribution < 1.29 is 4.74 Å². The minimum atomic E-state index is 0.496. The molecule has 20 heavy (non-hydrogen) atoms. The molecule has 3 atom stereocenters. The Morgan fingerprint density at radius 2 is 1.40 bits per heavy atom. The lowest BCUT2D eigenvalue weighted by atomic mass is 9.84. The average molecular weight is 285 g/mol. The van der Waals surface area contributed by atoms with Crippen molar-refractivity contribution in [1.29, 1.82) is 0 Å². The van der Waals surface area contributed by atoms with Gasteiger partial charge in [-0.25, -0.2) is 0 Å². The van der Waals surface area contributed by atoms with Gasteiger partial charge in [0.25, 0.3) is 0 Å². The van der Waals surface area contributed by atoms with Crippen molar-refractivity contribution >= 4 is 0 Å². The standard InChI is InChI=1S/C9H20.C8H16O.C2H4/c1-5-7-9(3,4)8-6-2;1-6-4-8(3)9-5-7(6)2;1-2/h5-8H2,1-4H3;6-8H,4-5H2,1-3H3;1-2H2. The molecular formula is C19H40O. The third kappa shape index (κ3) is 11.5. The molecule has 3 unspecified atom stereocenters. The van der Waals surface area contributed by atoms with Gasteiger partial charge in [-0.15, -0.1) is 13.2 Å². The molecule has 1 rings (SSSR count). The van der Waals surface area contributed by atoms with E-state index in [1.807, 2.05) is 0 Å². The Bertz CT molecular complexity index is 202. The second-order valence-electron chi connectivity index (χ2n) is 7.00. The van der Waals surface area contributed by atoms with Crippen molar-refractivity contribution in [3.05, 3.63) is 13.2 Å². The van der Waals surface area contributed by atoms with E-state index in [2.05, 4.69) is 61.6 Å². The van der Waals surface area contributed by atoms with E-state index in [0.717, 1.165) is 18.4 Å². The number of hydrogen-bond donors (Lipinski definition) is 0. The summed E-state index contributed by atoms with van der Waals surface area (Å²) >= 11 is 0. The van der Waals surface area contributed by atoms with E-state index in [1.165, 1.54) is 32.1 Å². The van der Waals surface area contributed by atoms with Crippen molar-refractivity contribution in [3.8, 4) is 0 Å². The molecule has 0 aliphatic carbocycles. The summed E-state index contributed by atoms with van der Waals surface area (Å²) in [6.45, 7) is 22.9. The monoisotopic (exact) mass is 284 g/mol. The minimum Gasteiger partial charge on any atom is -0.378 e. The molecule has 0 aromatic carbocycles. The highest BCUT2D eigenvalue weighted by Crippen LogP contribution is 2.27. The normalized spacial score (nSPS) is 25.9. The topological polar surface area (TPSA) is 9.23 Å². The van der Waals surface area contributed by atoms with Gasteiger partial charge in [0, 0.05) is 6.61 Å². The Labute approximate surface area is 129 Å². The SMILES string of the molecule is C=C.CC1CC(C)C(C)CO1.CCCC(C)(C)CCC. The van der Waals surface area contributed by atoms with E-state index in [4.69, 9.17) is 4.74 Å². The fraction of sp³-hybridized carbons (Fsp3) is 0.895. The predicted octanol–water partition coefficient (Wildman–Crippen LogP) is 6.48. The Morgan fingerprint density at radius 3 is 1.70 bits per heavy atom. The highest BCUT2D eigenvalue weighted by atomic mass is 16.5. The van der Waals surface area contributed by atoms with Gasteiger partial charge in [-0.3, -0.25) is 0 Å². The van der Waals surface area contributed by atoms with Crippen LogP contribution in [0.25, 0.3) is 0 Å². The first-order valence-electron chi connectivity index (χ1n) is 8.44. The maximum Gasteiger partial charge on any atom is 0.0549 e. The smallest absolute Gasteiger partial charge is 0.0549 e. The molecule has 1 heteroatoms. The summed E-state index contributed by atoms with van der Waals surface area (Å²) in [6.07, 6.45) is 7.14. The summed E-state index contributed by atoms with van der Waals surface area (Å²) < 4.78 is 5.46. The molecular weight excluding hydrogens is 244 g/mol. The summed E-state index contributed by atoms with van der Waals surface area (Å²) in [7, 11) is 0. The van der Waals surface area contributed by atoms with Crippen LogP contribution >= 0.6 is 0 Å². The molecule has 0 N–H and O–H groups in total. The van der Waals surface area contributed by atoms with Crippen molar-refractivity contribution in [1.82, 2.24) is 0 Å². The first-order valence-corrected chi connectivity index (χ1v) is 8.44. The fourth-order valence-electron chi connectivity index (χ4n) is 2.78. The zero-order chi connectivity index (χ0) is 16.2. The summed E-state index contributed by atoms with van der Waals surface area (Å²) in [5.74, 6) is 1.62. The van der Waals surface area contributed by atoms with Gasteiger partial charge < -0.3 is 4.74 Å². The summed E-state index contributed by atoms with van der Waals surface area (Å²) in [4.78, 5) is 0. The van der Waals surface area contributed by atoms with E-state index in [-0.39, 0.29) is 0 Å². The highest BCUT2D eigenvalue weighted by Gasteiger charge is 2.21. The van der Waals surface area contributed by atoms with Gasteiger partial charge in [0.1, 0.15) is 0 Å². The third-order valence-electron chi connectivity index (χ3n) is 4.17. The van der Waals surface area contributed by atoms with Crippen LogP contribution in [-0.4, -0.2) is 12.7 Å². The Morgan fingerprint density at radius 1 is 0.950 bits per heavy atom. The number of ether oxygens (including phenoxy) is 1. The van der Waals surface area contributed by atoms with Crippen molar-refractivity contribution in [3.63, 3.8) is 0 Å². The van der Waals surface area contributed by atoms with Gasteiger partial charge in [0.2, 0.25) is 0 Å². The fourth-order valence-corrected chi connectivity index (χ4v) is 2.78. The molecule has 0 spiro atoms. The van der Waals surface area contributed by atoms with Crippen LogP contribution in [0.2, 0.25) is 0 Å². The largest absolute Gasteiger partial charge is 0.378 e. The number of hydrogen-bond acceptors (Lipinski definition) is 1. The van der Waals surface area contributed by atoms with E-state index in [9.17, 15) is 0 Å². The van der Waals surface area contributed by atoms with Gasteiger partial charge >= 0.3 is 0 Å². The van der Waals surface area contributed by atoms with Crippen LogP contribution in [-0.2, 0) is 4.74 Å². The van der Waals surface area contributed by atoms with Crippen molar-refractivity contribution in [2.45, 2.75) is 86.7 Å². The molecule has 1 saturated heterocycles. The minimum absolute atomic E-state index is 0.496. The third-order valence-corrected chi connectivity index (χ3v) is 4.17. The first kappa shape index (κ1) is 22.0. The Hall–Kier alpha value is -0.300. The first-order chi connectivity index (χ1) is 9.32. The molecule has 0 radical (unpaired) electrons. The van der Waals surface area contributed by atoms with E-state index >= 15 is 0 Å². The Kier molecular flexibility index (Phi) is 13.7. The van der Waals surface area contributed by atoms with E-state index < -0.39 is 0 Å². The molecule has 0 saturated carbocycles. The molecule has 0 bridgehead atoms. The molecule has 1 aliphatic rings. The van der Waals surface area contributed by atoms with Crippen LogP contribution in [0.4, 0.5) is 0 Å². The Balaban J connectivity index is 0. The zero-order valence-electron chi connectivity index (χ0n) is 15.3. The second-order valence-corrected chi connectivity index (χ2v) is 7.00. The lowest BCUT2D eigenvalue weighted by Crippen LogP contribution is -2.28. The van der Waals surface area contributed by atoms with Crippen molar-refractivity contribution in [2.24, 2.45) is 17.3 Å². The van der Waals surface area contributed by atoms with Crippen molar-refractivity contribution in [2.75, 3.05) is 6.61 Å². The van der Waals surface area contributed by atoms with Gasteiger partial charge in [-0.05, 0) is 43.4 Å². The van der Waals surface area contributed by atoms with Crippen LogP contribution in [0.1, 0.15) is 80.6 Å². The van der Waals surface area contributed by atoms with Gasteiger partial charge in [0.05, 0.1) is 6.10 Å². The summed E-state index contributed by atoms with van der Waals surface area (Å²) in [6, 6.07) is 0. The summed E-state index contributed by atoms with van der Waals surface area (Å²) in [5.41, 5.74) is 0.601. The van der Waals surface area contributed by atoms with Gasteiger partial charge in [-0.2, -0.15) is 0 Å². The molecule has 1 nitrogen and oxygen atoms in total. The maximum atomic E-state index is 5.46. The molecule has 0 aromatic rings. The molecule has 1 heterocycles. The van der Waals surface area contributed by atoms with E-state index in [0.29, 0.717) is 11.5 Å². The van der Waals surface area contributed by atoms with Crippen LogP contribution in [0.3, 0.4) is 0 Å². The van der Waals surface area contributed by atoms with Gasteiger partial charge in [-0.1, -0.05) is 54.4 Å². The van der Waals surface area contributed by atoms with Crippen LogP contribution < -0.4 is 0 Å². The summed E-state index contributed by atoms with van der Waals surface area (Å²) in [5, 5.41) is 0. The lowest BCUT2D eigenvalue weighted by Gasteiger charge is -2.30. The van der Waals surface area contributed by atoms with Crippen LogP contribution in [0.15, 0.2) is 13.2 Å². The highest BCUT2D eigenvalue weighted by molar-refractivity contribution is 4.70. The lowest BCUT2D eigenvalue weighted by molar-refractivity contribution is -0.0263. The van der Waals surface area contributed by atoms with Gasteiger partial charge in [0.15, 0.2) is 0 Å². The maximum absolute atomic E-state index is 5.46. The quantitative estimate of drug-likeness (QED) is 0.537. The van der Waals surface area contributed by atoms with Crippen LogP contribution in [0, 0.1) is 17.3 Å². The van der Waals surface area contributed by atoms with E-state index in [1.54, 1.807) is 0 Å². The second kappa shape index (κ2) is 12.4. The average Bonchev–Trinajstić information content (AvgIpc) is 2.37. The zero-order valence-corrected chi connectivity index (χ0v) is 15.3.